The molecule has 2 fully saturated rings. The summed E-state index contributed by atoms with van der Waals surface area (Å²) in [5.74, 6) is 0.901. The number of halogens is 2. The Morgan fingerprint density at radius 1 is 0.781 bits per heavy atom. The number of aromatic nitrogens is 1. The monoisotopic (exact) mass is 473 g/mol. The van der Waals surface area contributed by atoms with E-state index in [-0.39, 0.29) is 0 Å². The molecule has 6 heteroatoms. The summed E-state index contributed by atoms with van der Waals surface area (Å²) in [6.45, 7) is 6.86. The molecule has 1 N–H and O–H groups in total. The smallest absolute Gasteiger partial charge is 0.0845 e. The third kappa shape index (κ3) is 4.95. The molecular weight excluding hydrogens is 441 g/mol. The average molecular weight is 474 g/mol. The van der Waals surface area contributed by atoms with Crippen LogP contribution in [0.4, 0.5) is 0 Å². The molecule has 0 spiro atoms. The van der Waals surface area contributed by atoms with E-state index in [2.05, 4.69) is 14.4 Å². The minimum absolute atomic E-state index is 0.426. The summed E-state index contributed by atoms with van der Waals surface area (Å²) >= 11 is 12.5. The molecule has 1 atom stereocenters. The number of hydrogen-bond acceptors (Lipinski definition) is 3. The van der Waals surface area contributed by atoms with E-state index in [1.807, 2.05) is 36.4 Å². The van der Waals surface area contributed by atoms with Crippen LogP contribution in [0, 0.1) is 5.92 Å². The van der Waals surface area contributed by atoms with Crippen LogP contribution in [0.15, 0.2) is 36.4 Å². The van der Waals surface area contributed by atoms with E-state index in [0.717, 1.165) is 53.9 Å². The van der Waals surface area contributed by atoms with Crippen molar-refractivity contribution in [3.8, 4) is 0 Å². The van der Waals surface area contributed by atoms with Gasteiger partial charge in [-0.3, -0.25) is 4.90 Å². The maximum Gasteiger partial charge on any atom is 0.0845 e. The lowest BCUT2D eigenvalue weighted by atomic mass is 9.89. The minimum Gasteiger partial charge on any atom is -0.390 e. The van der Waals surface area contributed by atoms with E-state index < -0.39 is 6.10 Å². The van der Waals surface area contributed by atoms with Crippen molar-refractivity contribution in [1.82, 2.24) is 14.4 Å². The third-order valence-electron chi connectivity index (χ3n) is 7.36. The normalized spacial score (nSPS) is 20.3. The molecule has 0 bridgehead atoms. The molecule has 1 saturated heterocycles. The second-order valence-electron chi connectivity index (χ2n) is 9.69. The van der Waals surface area contributed by atoms with Crippen LogP contribution >= 0.6 is 23.2 Å². The van der Waals surface area contributed by atoms with Gasteiger partial charge in [0, 0.05) is 71.1 Å². The predicted octanol–water partition coefficient (Wildman–Crippen LogP) is 5.66. The number of benzene rings is 2. The molecule has 1 aromatic heterocycles. The van der Waals surface area contributed by atoms with Crippen molar-refractivity contribution in [3.63, 3.8) is 0 Å². The Kier molecular flexibility index (Phi) is 6.96. The van der Waals surface area contributed by atoms with Gasteiger partial charge in [0.15, 0.2) is 0 Å². The lowest BCUT2D eigenvalue weighted by Gasteiger charge is -2.38. The van der Waals surface area contributed by atoms with Crippen molar-refractivity contribution < 1.29 is 5.11 Å². The molecule has 2 aromatic carbocycles. The molecule has 0 amide bonds. The molecule has 5 rings (SSSR count). The largest absolute Gasteiger partial charge is 0.390 e. The van der Waals surface area contributed by atoms with Crippen LogP contribution in [0.5, 0.6) is 0 Å². The Labute approximate surface area is 200 Å². The SMILES string of the molecule is OC(CN1CCN(CC2CCCCC2)CC1)Cn1c2ccc(Cl)cc2c2cc(Cl)ccc21. The first-order valence-corrected chi connectivity index (χ1v) is 12.8. The Morgan fingerprint density at radius 2 is 1.34 bits per heavy atom. The van der Waals surface area contributed by atoms with Crippen molar-refractivity contribution in [3.05, 3.63) is 46.4 Å². The van der Waals surface area contributed by atoms with Gasteiger partial charge in [-0.25, -0.2) is 0 Å². The molecule has 172 valence electrons. The number of rotatable bonds is 6. The van der Waals surface area contributed by atoms with Crippen LogP contribution in [-0.4, -0.2) is 64.8 Å². The van der Waals surface area contributed by atoms with Crippen LogP contribution in [-0.2, 0) is 6.54 Å². The Hall–Kier alpha value is -1.30. The summed E-state index contributed by atoms with van der Waals surface area (Å²) < 4.78 is 2.21. The van der Waals surface area contributed by atoms with Crippen molar-refractivity contribution in [2.45, 2.75) is 44.8 Å². The average Bonchev–Trinajstić information content (AvgIpc) is 3.08. The predicted molar refractivity (Wildman–Crippen MR) is 135 cm³/mol. The zero-order valence-corrected chi connectivity index (χ0v) is 20.2. The van der Waals surface area contributed by atoms with Gasteiger partial charge in [-0.1, -0.05) is 42.5 Å². The van der Waals surface area contributed by atoms with Crippen molar-refractivity contribution in [2.24, 2.45) is 5.92 Å². The number of nitrogens with zero attached hydrogens (tertiary/aromatic N) is 3. The van der Waals surface area contributed by atoms with Gasteiger partial charge in [0.05, 0.1) is 12.6 Å². The van der Waals surface area contributed by atoms with Crippen LogP contribution in [0.1, 0.15) is 32.1 Å². The molecule has 1 saturated carbocycles. The first-order valence-electron chi connectivity index (χ1n) is 12.1. The number of aliphatic hydroxyl groups excluding tert-OH is 1. The summed E-state index contributed by atoms with van der Waals surface area (Å²) in [6.07, 6.45) is 6.65. The molecule has 2 aliphatic rings. The van der Waals surface area contributed by atoms with Gasteiger partial charge in [0.1, 0.15) is 0 Å². The number of aliphatic hydroxyl groups is 1. The highest BCUT2D eigenvalue weighted by Crippen LogP contribution is 2.33. The second kappa shape index (κ2) is 9.90. The molecule has 2 heterocycles. The first kappa shape index (κ1) is 22.5. The highest BCUT2D eigenvalue weighted by atomic mass is 35.5. The topological polar surface area (TPSA) is 31.6 Å². The van der Waals surface area contributed by atoms with Gasteiger partial charge >= 0.3 is 0 Å². The lowest BCUT2D eigenvalue weighted by Crippen LogP contribution is -2.50. The number of hydrogen-bond donors (Lipinski definition) is 1. The van der Waals surface area contributed by atoms with Crippen LogP contribution < -0.4 is 0 Å². The summed E-state index contributed by atoms with van der Waals surface area (Å²) in [5, 5.41) is 14.6. The molecule has 4 nitrogen and oxygen atoms in total. The van der Waals surface area contributed by atoms with E-state index in [9.17, 15) is 5.11 Å². The van der Waals surface area contributed by atoms with Gasteiger partial charge < -0.3 is 14.6 Å². The maximum absolute atomic E-state index is 11.0. The van der Waals surface area contributed by atoms with E-state index in [0.29, 0.717) is 23.1 Å². The molecule has 3 aromatic rings. The molecular formula is C26H33Cl2N3O. The van der Waals surface area contributed by atoms with E-state index in [1.54, 1.807) is 0 Å². The molecule has 1 unspecified atom stereocenters. The summed E-state index contributed by atoms with van der Waals surface area (Å²) in [5.41, 5.74) is 2.17. The van der Waals surface area contributed by atoms with Gasteiger partial charge in [0.2, 0.25) is 0 Å². The zero-order chi connectivity index (χ0) is 22.1. The fraction of sp³-hybridized carbons (Fsp3) is 0.538. The number of fused-ring (bicyclic) bond motifs is 3. The highest BCUT2D eigenvalue weighted by molar-refractivity contribution is 6.33. The Morgan fingerprint density at radius 3 is 1.94 bits per heavy atom. The molecule has 32 heavy (non-hydrogen) atoms. The molecule has 1 aliphatic carbocycles. The Balaban J connectivity index is 1.23. The second-order valence-corrected chi connectivity index (χ2v) is 10.6. The lowest BCUT2D eigenvalue weighted by molar-refractivity contribution is 0.0584. The van der Waals surface area contributed by atoms with Gasteiger partial charge in [0.25, 0.3) is 0 Å². The van der Waals surface area contributed by atoms with E-state index >= 15 is 0 Å². The Bertz CT molecular complexity index is 1010. The first-order chi connectivity index (χ1) is 15.6. The van der Waals surface area contributed by atoms with E-state index in [4.69, 9.17) is 23.2 Å². The van der Waals surface area contributed by atoms with Crippen molar-refractivity contribution in [1.29, 1.82) is 0 Å². The summed E-state index contributed by atoms with van der Waals surface area (Å²) in [4.78, 5) is 5.06. The number of β-amino-alcohol motifs (C(OH)–C–C–N with tert-alkyl or cyclic N) is 1. The summed E-state index contributed by atoms with van der Waals surface area (Å²) in [6, 6.07) is 11.9. The van der Waals surface area contributed by atoms with Crippen molar-refractivity contribution in [2.75, 3.05) is 39.3 Å². The van der Waals surface area contributed by atoms with Crippen LogP contribution in [0.25, 0.3) is 21.8 Å². The number of piperazine rings is 1. The van der Waals surface area contributed by atoms with Gasteiger partial charge in [-0.2, -0.15) is 0 Å². The third-order valence-corrected chi connectivity index (χ3v) is 7.83. The highest BCUT2D eigenvalue weighted by Gasteiger charge is 2.23. The molecule has 1 aliphatic heterocycles. The fourth-order valence-corrected chi connectivity index (χ4v) is 6.05. The van der Waals surface area contributed by atoms with E-state index in [1.165, 1.54) is 38.6 Å². The molecule has 0 radical (unpaired) electrons. The summed E-state index contributed by atoms with van der Waals surface area (Å²) in [7, 11) is 0. The van der Waals surface area contributed by atoms with Crippen LogP contribution in [0.3, 0.4) is 0 Å². The zero-order valence-electron chi connectivity index (χ0n) is 18.6. The quantitative estimate of drug-likeness (QED) is 0.500. The minimum atomic E-state index is -0.426. The maximum atomic E-state index is 11.0. The van der Waals surface area contributed by atoms with Crippen molar-refractivity contribution >= 4 is 45.0 Å². The van der Waals surface area contributed by atoms with Gasteiger partial charge in [-0.15, -0.1) is 0 Å². The fourth-order valence-electron chi connectivity index (χ4n) is 5.70. The standard InChI is InChI=1S/C26H33Cl2N3O/c27-20-6-8-25-23(14-20)24-15-21(28)7-9-26(24)31(25)18-22(32)17-30-12-10-29(11-13-30)16-19-4-2-1-3-5-19/h6-9,14-15,19,22,32H,1-5,10-13,16-18H2. The van der Waals surface area contributed by atoms with Gasteiger partial charge in [-0.05, 0) is 55.2 Å². The van der Waals surface area contributed by atoms with Crippen LogP contribution in [0.2, 0.25) is 10.0 Å².